The third-order valence-electron chi connectivity index (χ3n) is 3.29. The number of sulfonamides is 1. The molecule has 1 aromatic carbocycles. The van der Waals surface area contributed by atoms with Crippen molar-refractivity contribution in [2.24, 2.45) is 0 Å². The van der Waals surface area contributed by atoms with E-state index in [0.717, 1.165) is 0 Å². The van der Waals surface area contributed by atoms with Crippen LogP contribution in [-0.2, 0) is 14.8 Å². The molecule has 0 spiro atoms. The molecule has 0 bridgehead atoms. The molecular formula is C13H16N2O4S. The molecule has 1 saturated heterocycles. The number of aliphatic hydroxyl groups is 1. The standard InChI is InChI=1S/C13H16N2O4S/c14-9-11-2-1-3-12(8-11)20(17,18)15-10-13(16)4-6-19-7-5-13/h1-3,8,15-16H,4-7,10H2. The predicted molar refractivity (Wildman–Crippen MR) is 71.3 cm³/mol. The fourth-order valence-electron chi connectivity index (χ4n) is 1.97. The van der Waals surface area contributed by atoms with E-state index >= 15 is 0 Å². The zero-order chi connectivity index (χ0) is 14.6. The van der Waals surface area contributed by atoms with E-state index in [-0.39, 0.29) is 17.0 Å². The van der Waals surface area contributed by atoms with Gasteiger partial charge in [0.2, 0.25) is 10.0 Å². The average molecular weight is 296 g/mol. The van der Waals surface area contributed by atoms with Gasteiger partial charge in [0.05, 0.1) is 22.1 Å². The van der Waals surface area contributed by atoms with Crippen LogP contribution in [0.5, 0.6) is 0 Å². The van der Waals surface area contributed by atoms with E-state index < -0.39 is 15.6 Å². The smallest absolute Gasteiger partial charge is 0.240 e. The predicted octanol–water partition coefficient (Wildman–Crippen LogP) is 0.378. The maximum Gasteiger partial charge on any atom is 0.240 e. The van der Waals surface area contributed by atoms with Crippen molar-refractivity contribution in [1.82, 2.24) is 4.72 Å². The number of benzene rings is 1. The molecule has 108 valence electrons. The second-order valence-corrected chi connectivity index (χ2v) is 6.57. The Morgan fingerprint density at radius 2 is 2.10 bits per heavy atom. The lowest BCUT2D eigenvalue weighted by Crippen LogP contribution is -2.46. The van der Waals surface area contributed by atoms with Gasteiger partial charge in [0, 0.05) is 32.6 Å². The lowest BCUT2D eigenvalue weighted by Gasteiger charge is -2.31. The minimum Gasteiger partial charge on any atom is -0.388 e. The van der Waals surface area contributed by atoms with E-state index in [1.165, 1.54) is 24.3 Å². The molecule has 2 rings (SSSR count). The van der Waals surface area contributed by atoms with Crippen LogP contribution >= 0.6 is 0 Å². The van der Waals surface area contributed by atoms with Crippen molar-refractivity contribution in [2.45, 2.75) is 23.3 Å². The molecule has 1 aliphatic heterocycles. The fraction of sp³-hybridized carbons (Fsp3) is 0.462. The molecule has 20 heavy (non-hydrogen) atoms. The van der Waals surface area contributed by atoms with Crippen molar-refractivity contribution in [3.8, 4) is 6.07 Å². The van der Waals surface area contributed by atoms with E-state index in [1.807, 2.05) is 6.07 Å². The molecule has 0 unspecified atom stereocenters. The molecular weight excluding hydrogens is 280 g/mol. The van der Waals surface area contributed by atoms with Crippen LogP contribution in [-0.4, -0.2) is 38.9 Å². The third kappa shape index (κ3) is 3.55. The highest BCUT2D eigenvalue weighted by molar-refractivity contribution is 7.89. The number of hydrogen-bond acceptors (Lipinski definition) is 5. The van der Waals surface area contributed by atoms with E-state index in [9.17, 15) is 13.5 Å². The molecule has 1 heterocycles. The van der Waals surface area contributed by atoms with Crippen molar-refractivity contribution in [3.63, 3.8) is 0 Å². The van der Waals surface area contributed by atoms with Crippen LogP contribution in [0.3, 0.4) is 0 Å². The van der Waals surface area contributed by atoms with Gasteiger partial charge < -0.3 is 9.84 Å². The molecule has 0 aliphatic carbocycles. The van der Waals surface area contributed by atoms with Crippen LogP contribution in [0.25, 0.3) is 0 Å². The molecule has 7 heteroatoms. The van der Waals surface area contributed by atoms with Gasteiger partial charge in [0.1, 0.15) is 0 Å². The van der Waals surface area contributed by atoms with Crippen LogP contribution in [0.4, 0.5) is 0 Å². The van der Waals surface area contributed by atoms with Crippen molar-refractivity contribution in [1.29, 1.82) is 5.26 Å². The number of nitrogens with zero attached hydrogens (tertiary/aromatic N) is 1. The van der Waals surface area contributed by atoms with Crippen molar-refractivity contribution in [3.05, 3.63) is 29.8 Å². The largest absolute Gasteiger partial charge is 0.388 e. The number of ether oxygens (including phenoxy) is 1. The Bertz CT molecular complexity index is 616. The van der Waals surface area contributed by atoms with Gasteiger partial charge in [-0.05, 0) is 18.2 Å². The molecule has 1 fully saturated rings. The summed E-state index contributed by atoms with van der Waals surface area (Å²) in [6.45, 7) is 0.778. The van der Waals surface area contributed by atoms with Gasteiger partial charge in [0.25, 0.3) is 0 Å². The van der Waals surface area contributed by atoms with Crippen LogP contribution in [0.2, 0.25) is 0 Å². The summed E-state index contributed by atoms with van der Waals surface area (Å²) < 4.78 is 31.8. The van der Waals surface area contributed by atoms with Gasteiger partial charge in [-0.15, -0.1) is 0 Å². The lowest BCUT2D eigenvalue weighted by molar-refractivity contribution is -0.0588. The van der Waals surface area contributed by atoms with Gasteiger partial charge in [-0.3, -0.25) is 0 Å². The molecule has 1 aromatic rings. The van der Waals surface area contributed by atoms with Crippen LogP contribution in [0.1, 0.15) is 18.4 Å². The molecule has 0 radical (unpaired) electrons. The summed E-state index contributed by atoms with van der Waals surface area (Å²) >= 11 is 0. The number of hydrogen-bond donors (Lipinski definition) is 2. The zero-order valence-electron chi connectivity index (χ0n) is 10.9. The minimum atomic E-state index is -3.73. The highest BCUT2D eigenvalue weighted by Gasteiger charge is 2.31. The van der Waals surface area contributed by atoms with Crippen molar-refractivity contribution < 1.29 is 18.3 Å². The summed E-state index contributed by atoms with van der Waals surface area (Å²) in [6.07, 6.45) is 0.793. The third-order valence-corrected chi connectivity index (χ3v) is 4.69. The Labute approximate surface area is 118 Å². The van der Waals surface area contributed by atoms with E-state index in [0.29, 0.717) is 26.1 Å². The van der Waals surface area contributed by atoms with Crippen molar-refractivity contribution >= 4 is 10.0 Å². The molecule has 6 nitrogen and oxygen atoms in total. The Morgan fingerprint density at radius 3 is 2.75 bits per heavy atom. The Morgan fingerprint density at radius 1 is 1.40 bits per heavy atom. The van der Waals surface area contributed by atoms with Gasteiger partial charge in [0.15, 0.2) is 0 Å². The van der Waals surface area contributed by atoms with Crippen LogP contribution in [0.15, 0.2) is 29.2 Å². The molecule has 2 N–H and O–H groups in total. The lowest BCUT2D eigenvalue weighted by atomic mass is 9.95. The zero-order valence-corrected chi connectivity index (χ0v) is 11.7. The maximum absolute atomic E-state index is 12.1. The molecule has 0 atom stereocenters. The number of nitrogens with one attached hydrogen (secondary N) is 1. The first kappa shape index (κ1) is 14.9. The summed E-state index contributed by atoms with van der Waals surface area (Å²) in [4.78, 5) is 0.0206. The summed E-state index contributed by atoms with van der Waals surface area (Å²) in [5.74, 6) is 0. The maximum atomic E-state index is 12.1. The number of nitriles is 1. The summed E-state index contributed by atoms with van der Waals surface area (Å²) in [5, 5.41) is 19.0. The molecule has 0 aromatic heterocycles. The topological polar surface area (TPSA) is 99.4 Å². The molecule has 1 aliphatic rings. The SMILES string of the molecule is N#Cc1cccc(S(=O)(=O)NCC2(O)CCOCC2)c1. The monoisotopic (exact) mass is 296 g/mol. The molecule has 0 amide bonds. The highest BCUT2D eigenvalue weighted by atomic mass is 32.2. The van der Waals surface area contributed by atoms with E-state index in [1.54, 1.807) is 0 Å². The minimum absolute atomic E-state index is 0.0206. The number of rotatable bonds is 4. The van der Waals surface area contributed by atoms with Gasteiger partial charge in [-0.25, -0.2) is 13.1 Å². The first-order valence-corrected chi connectivity index (χ1v) is 7.73. The van der Waals surface area contributed by atoms with Crippen LogP contribution < -0.4 is 4.72 Å². The fourth-order valence-corrected chi connectivity index (χ4v) is 3.14. The second-order valence-electron chi connectivity index (χ2n) is 4.80. The van der Waals surface area contributed by atoms with Gasteiger partial charge in [-0.1, -0.05) is 6.07 Å². The first-order chi connectivity index (χ1) is 9.45. The van der Waals surface area contributed by atoms with Gasteiger partial charge >= 0.3 is 0 Å². The Hall–Kier alpha value is -1.46. The summed E-state index contributed by atoms with van der Waals surface area (Å²) in [5.41, 5.74) is -0.796. The summed E-state index contributed by atoms with van der Waals surface area (Å²) in [6, 6.07) is 7.65. The Balaban J connectivity index is 2.09. The highest BCUT2D eigenvalue weighted by Crippen LogP contribution is 2.20. The normalized spacial score (nSPS) is 18.4. The quantitative estimate of drug-likeness (QED) is 0.836. The van der Waals surface area contributed by atoms with Crippen molar-refractivity contribution in [2.75, 3.05) is 19.8 Å². The first-order valence-electron chi connectivity index (χ1n) is 6.25. The average Bonchev–Trinajstić information content (AvgIpc) is 2.46. The Kier molecular flexibility index (Phi) is 4.40. The van der Waals surface area contributed by atoms with Crippen LogP contribution in [0, 0.1) is 11.3 Å². The second kappa shape index (κ2) is 5.89. The van der Waals surface area contributed by atoms with E-state index in [2.05, 4.69) is 4.72 Å². The molecule has 0 saturated carbocycles. The summed E-state index contributed by atoms with van der Waals surface area (Å²) in [7, 11) is -3.73. The van der Waals surface area contributed by atoms with E-state index in [4.69, 9.17) is 10.00 Å². The van der Waals surface area contributed by atoms with Gasteiger partial charge in [-0.2, -0.15) is 5.26 Å².